The van der Waals surface area contributed by atoms with Crippen LogP contribution in [0.25, 0.3) is 10.2 Å². The van der Waals surface area contributed by atoms with E-state index in [4.69, 9.17) is 22.6 Å². The smallest absolute Gasteiger partial charge is 0.337 e. The van der Waals surface area contributed by atoms with Crippen LogP contribution in [-0.2, 0) is 0 Å². The van der Waals surface area contributed by atoms with Crippen LogP contribution in [0.1, 0.15) is 10.4 Å². The molecule has 0 aliphatic rings. The summed E-state index contributed by atoms with van der Waals surface area (Å²) in [6.45, 7) is 0. The third-order valence-corrected chi connectivity index (χ3v) is 3.06. The van der Waals surface area contributed by atoms with Gasteiger partial charge in [-0.25, -0.2) is 15.6 Å². The maximum atomic E-state index is 10.9. The molecule has 0 amide bonds. The van der Waals surface area contributed by atoms with Crippen molar-refractivity contribution in [1.82, 2.24) is 4.98 Å². The first-order valence-corrected chi connectivity index (χ1v) is 5.11. The molecule has 0 radical (unpaired) electrons. The molecule has 0 spiro atoms. The molecule has 1 heterocycles. The quantitative estimate of drug-likeness (QED) is 0.554. The highest BCUT2D eigenvalue weighted by molar-refractivity contribution is 7.22. The summed E-state index contributed by atoms with van der Waals surface area (Å²) in [7, 11) is 0. The van der Waals surface area contributed by atoms with Gasteiger partial charge in [0.2, 0.25) is 0 Å². The van der Waals surface area contributed by atoms with Crippen molar-refractivity contribution >= 4 is 44.3 Å². The van der Waals surface area contributed by atoms with Crippen molar-refractivity contribution in [2.45, 2.75) is 0 Å². The zero-order chi connectivity index (χ0) is 11.0. The van der Waals surface area contributed by atoms with Crippen molar-refractivity contribution in [3.05, 3.63) is 22.7 Å². The monoisotopic (exact) mass is 243 g/mol. The second kappa shape index (κ2) is 3.65. The maximum Gasteiger partial charge on any atom is 0.337 e. The lowest BCUT2D eigenvalue weighted by Gasteiger charge is -1.96. The molecule has 5 nitrogen and oxygen atoms in total. The Kier molecular flexibility index (Phi) is 2.47. The fourth-order valence-corrected chi connectivity index (χ4v) is 2.29. The van der Waals surface area contributed by atoms with Gasteiger partial charge in [0.05, 0.1) is 15.8 Å². The molecule has 0 aliphatic carbocycles. The van der Waals surface area contributed by atoms with Gasteiger partial charge in [0.25, 0.3) is 0 Å². The number of nitrogens with one attached hydrogen (secondary N) is 1. The van der Waals surface area contributed by atoms with Crippen LogP contribution in [0.15, 0.2) is 12.1 Å². The predicted molar refractivity (Wildman–Crippen MR) is 59.4 cm³/mol. The van der Waals surface area contributed by atoms with Crippen LogP contribution in [0, 0.1) is 0 Å². The number of thiazole rings is 1. The fourth-order valence-electron chi connectivity index (χ4n) is 1.22. The van der Waals surface area contributed by atoms with Crippen molar-refractivity contribution in [3.8, 4) is 0 Å². The Morgan fingerprint density at radius 3 is 2.93 bits per heavy atom. The molecule has 78 valence electrons. The van der Waals surface area contributed by atoms with Gasteiger partial charge in [-0.15, -0.1) is 0 Å². The topological polar surface area (TPSA) is 88.2 Å². The van der Waals surface area contributed by atoms with E-state index in [1.807, 2.05) is 0 Å². The van der Waals surface area contributed by atoms with Gasteiger partial charge in [-0.1, -0.05) is 22.9 Å². The maximum absolute atomic E-state index is 10.9. The number of rotatable bonds is 2. The Morgan fingerprint density at radius 1 is 1.60 bits per heavy atom. The molecule has 0 atom stereocenters. The first-order valence-electron chi connectivity index (χ1n) is 3.92. The summed E-state index contributed by atoms with van der Waals surface area (Å²) in [5.74, 6) is 4.16. The molecule has 2 rings (SSSR count). The van der Waals surface area contributed by atoms with E-state index in [9.17, 15) is 4.79 Å². The number of benzene rings is 1. The molecule has 0 fully saturated rings. The molecular weight excluding hydrogens is 238 g/mol. The van der Waals surface area contributed by atoms with E-state index in [-0.39, 0.29) is 5.56 Å². The Balaban J connectivity index is 2.77. The van der Waals surface area contributed by atoms with Crippen LogP contribution in [-0.4, -0.2) is 16.1 Å². The highest BCUT2D eigenvalue weighted by atomic mass is 35.5. The first-order chi connectivity index (χ1) is 7.11. The van der Waals surface area contributed by atoms with Gasteiger partial charge in [-0.2, -0.15) is 0 Å². The minimum Gasteiger partial charge on any atom is -0.478 e. The number of aromatic carboxylic acids is 1. The van der Waals surface area contributed by atoms with E-state index in [1.54, 1.807) is 6.07 Å². The van der Waals surface area contributed by atoms with Crippen LogP contribution in [0.3, 0.4) is 0 Å². The van der Waals surface area contributed by atoms with Crippen LogP contribution in [0.2, 0.25) is 5.02 Å². The molecule has 0 aliphatic heterocycles. The molecule has 0 unspecified atom stereocenters. The highest BCUT2D eigenvalue weighted by Gasteiger charge is 2.14. The van der Waals surface area contributed by atoms with E-state index in [1.165, 1.54) is 17.4 Å². The summed E-state index contributed by atoms with van der Waals surface area (Å²) in [5.41, 5.74) is 3.03. The third-order valence-electron chi connectivity index (χ3n) is 1.81. The van der Waals surface area contributed by atoms with Crippen LogP contribution in [0.4, 0.5) is 5.13 Å². The number of carboxylic acids is 1. The number of nitrogen functional groups attached to an aromatic ring is 1. The van der Waals surface area contributed by atoms with Crippen LogP contribution >= 0.6 is 22.9 Å². The standard InChI is InChI=1S/C8H6ClN3O2S/c9-3-1-4(7(13)14)6-5(2-3)11-8(12-10)15-6/h1-2H,10H2,(H,11,12)(H,13,14). The number of carbonyl (C=O) groups is 1. The van der Waals surface area contributed by atoms with Crippen molar-refractivity contribution in [1.29, 1.82) is 0 Å². The molecule has 1 aromatic carbocycles. The number of nitrogens with two attached hydrogens (primary N) is 1. The Labute approximate surface area is 93.5 Å². The van der Waals surface area contributed by atoms with E-state index in [0.717, 1.165) is 0 Å². The molecular formula is C8H6ClN3O2S. The fraction of sp³-hybridized carbons (Fsp3) is 0. The van der Waals surface area contributed by atoms with Crippen molar-refractivity contribution in [3.63, 3.8) is 0 Å². The molecule has 0 bridgehead atoms. The zero-order valence-corrected chi connectivity index (χ0v) is 8.89. The van der Waals surface area contributed by atoms with Crippen LogP contribution in [0.5, 0.6) is 0 Å². The van der Waals surface area contributed by atoms with Gasteiger partial charge < -0.3 is 5.11 Å². The average molecular weight is 244 g/mol. The van der Waals surface area contributed by atoms with Crippen molar-refractivity contribution < 1.29 is 9.90 Å². The molecule has 0 saturated heterocycles. The van der Waals surface area contributed by atoms with E-state index in [2.05, 4.69) is 10.4 Å². The number of fused-ring (bicyclic) bond motifs is 1. The largest absolute Gasteiger partial charge is 0.478 e. The summed E-state index contributed by atoms with van der Waals surface area (Å²) in [6, 6.07) is 2.99. The summed E-state index contributed by atoms with van der Waals surface area (Å²) in [5, 5.41) is 9.75. The lowest BCUT2D eigenvalue weighted by atomic mass is 10.2. The molecule has 2 aromatic rings. The normalized spacial score (nSPS) is 10.5. The first kappa shape index (κ1) is 10.2. The third kappa shape index (κ3) is 1.74. The second-order valence-corrected chi connectivity index (χ2v) is 4.21. The number of anilines is 1. The van der Waals surface area contributed by atoms with E-state index < -0.39 is 5.97 Å². The summed E-state index contributed by atoms with van der Waals surface area (Å²) >= 11 is 6.94. The molecule has 4 N–H and O–H groups in total. The Bertz CT molecular complexity index is 540. The zero-order valence-electron chi connectivity index (χ0n) is 7.32. The van der Waals surface area contributed by atoms with E-state index >= 15 is 0 Å². The number of aromatic nitrogens is 1. The summed E-state index contributed by atoms with van der Waals surface area (Å²) in [6.07, 6.45) is 0. The predicted octanol–water partition coefficient (Wildman–Crippen LogP) is 1.93. The van der Waals surface area contributed by atoms with Gasteiger partial charge in [0.1, 0.15) is 0 Å². The average Bonchev–Trinajstić information content (AvgIpc) is 2.58. The number of carboxylic acid groups (broad SMARTS) is 1. The van der Waals surface area contributed by atoms with Gasteiger partial charge in [-0.05, 0) is 12.1 Å². The van der Waals surface area contributed by atoms with Crippen LogP contribution < -0.4 is 11.3 Å². The Hall–Kier alpha value is -1.37. The second-order valence-electron chi connectivity index (χ2n) is 2.77. The van der Waals surface area contributed by atoms with Crippen molar-refractivity contribution in [2.75, 3.05) is 5.43 Å². The van der Waals surface area contributed by atoms with Crippen molar-refractivity contribution in [2.24, 2.45) is 5.84 Å². The SMILES string of the molecule is NNc1nc2cc(Cl)cc(C(=O)O)c2s1. The highest BCUT2D eigenvalue weighted by Crippen LogP contribution is 2.31. The van der Waals surface area contributed by atoms with Gasteiger partial charge in [-0.3, -0.25) is 5.43 Å². The van der Waals surface area contributed by atoms with Gasteiger partial charge in [0, 0.05) is 5.02 Å². The van der Waals surface area contributed by atoms with Gasteiger partial charge in [0.15, 0.2) is 5.13 Å². The summed E-state index contributed by atoms with van der Waals surface area (Å²) in [4.78, 5) is 15.0. The number of nitrogens with zero attached hydrogens (tertiary/aromatic N) is 1. The number of hydrazine groups is 1. The minimum atomic E-state index is -1.03. The number of hydrogen-bond donors (Lipinski definition) is 3. The molecule has 1 aromatic heterocycles. The summed E-state index contributed by atoms with van der Waals surface area (Å²) < 4.78 is 0.555. The molecule has 7 heteroatoms. The lowest BCUT2D eigenvalue weighted by molar-refractivity contribution is 0.0699. The number of halogens is 1. The van der Waals surface area contributed by atoms with E-state index in [0.29, 0.717) is 20.4 Å². The van der Waals surface area contributed by atoms with Gasteiger partial charge >= 0.3 is 5.97 Å². The molecule has 0 saturated carbocycles. The molecule has 15 heavy (non-hydrogen) atoms. The number of hydrogen-bond acceptors (Lipinski definition) is 5. The Morgan fingerprint density at radius 2 is 2.33 bits per heavy atom. The minimum absolute atomic E-state index is 0.136. The lowest BCUT2D eigenvalue weighted by Crippen LogP contribution is -2.05.